The van der Waals surface area contributed by atoms with Crippen molar-refractivity contribution in [1.29, 1.82) is 0 Å². The molecule has 3 N–H and O–H groups in total. The highest BCUT2D eigenvalue weighted by molar-refractivity contribution is 5.95. The Morgan fingerprint density at radius 2 is 2.00 bits per heavy atom. The van der Waals surface area contributed by atoms with Crippen LogP contribution in [0, 0.1) is 0 Å². The van der Waals surface area contributed by atoms with E-state index in [2.05, 4.69) is 20.6 Å². The summed E-state index contributed by atoms with van der Waals surface area (Å²) in [5.74, 6) is -0.511. The van der Waals surface area contributed by atoms with E-state index in [9.17, 15) is 14.4 Å². The Morgan fingerprint density at radius 3 is 2.75 bits per heavy atom. The first kappa shape index (κ1) is 13.7. The van der Waals surface area contributed by atoms with Crippen molar-refractivity contribution in [3.8, 4) is 0 Å². The van der Waals surface area contributed by atoms with Crippen LogP contribution in [-0.2, 0) is 4.79 Å². The van der Waals surface area contributed by atoms with E-state index in [1.807, 2.05) is 0 Å². The zero-order valence-electron chi connectivity index (χ0n) is 10.9. The van der Waals surface area contributed by atoms with Gasteiger partial charge in [-0.3, -0.25) is 19.4 Å². The summed E-state index contributed by atoms with van der Waals surface area (Å²) in [6.45, 7) is 2.07. The molecule has 0 aliphatic heterocycles. The van der Waals surface area contributed by atoms with Gasteiger partial charge >= 0.3 is 0 Å². The Balaban J connectivity index is 2.06. The normalized spacial score (nSPS) is 10.2. The molecule has 0 unspecified atom stereocenters. The van der Waals surface area contributed by atoms with Crippen molar-refractivity contribution >= 4 is 22.7 Å². The molecule has 2 heterocycles. The van der Waals surface area contributed by atoms with Crippen molar-refractivity contribution in [1.82, 2.24) is 20.6 Å². The summed E-state index contributed by atoms with van der Waals surface area (Å²) >= 11 is 0. The topological polar surface area (TPSA) is 104 Å². The predicted octanol–water partition coefficient (Wildman–Crippen LogP) is -0.211. The molecule has 104 valence electrons. The first-order valence-electron chi connectivity index (χ1n) is 6.08. The van der Waals surface area contributed by atoms with E-state index in [4.69, 9.17) is 0 Å². The molecule has 0 aliphatic carbocycles. The molecule has 7 heteroatoms. The van der Waals surface area contributed by atoms with E-state index in [0.29, 0.717) is 18.6 Å². The summed E-state index contributed by atoms with van der Waals surface area (Å²) in [7, 11) is 0. The number of carbonyl (C=O) groups excluding carboxylic acids is 2. The van der Waals surface area contributed by atoms with Gasteiger partial charge in [0.05, 0.1) is 5.52 Å². The molecule has 0 atom stereocenters. The van der Waals surface area contributed by atoms with Crippen LogP contribution in [0.15, 0.2) is 29.2 Å². The average Bonchev–Trinajstić information content (AvgIpc) is 2.42. The number of nitrogens with zero attached hydrogens (tertiary/aromatic N) is 1. The molecule has 20 heavy (non-hydrogen) atoms. The molecule has 0 aromatic carbocycles. The molecule has 0 spiro atoms. The van der Waals surface area contributed by atoms with E-state index in [0.717, 1.165) is 5.39 Å². The largest absolute Gasteiger partial charge is 0.355 e. The van der Waals surface area contributed by atoms with Gasteiger partial charge in [0.25, 0.3) is 5.91 Å². The van der Waals surface area contributed by atoms with Gasteiger partial charge in [-0.25, -0.2) is 0 Å². The summed E-state index contributed by atoms with van der Waals surface area (Å²) in [5.41, 5.74) is 0.530. The molecular weight excluding hydrogens is 260 g/mol. The number of rotatable bonds is 4. The molecule has 2 amide bonds. The van der Waals surface area contributed by atoms with Crippen molar-refractivity contribution in [2.24, 2.45) is 0 Å². The Kier molecular flexibility index (Phi) is 4.09. The van der Waals surface area contributed by atoms with Gasteiger partial charge < -0.3 is 15.6 Å². The second-order valence-corrected chi connectivity index (χ2v) is 4.22. The molecule has 2 rings (SSSR count). The summed E-state index contributed by atoms with van der Waals surface area (Å²) < 4.78 is 0. The fourth-order valence-electron chi connectivity index (χ4n) is 1.68. The minimum Gasteiger partial charge on any atom is -0.355 e. The maximum Gasteiger partial charge on any atom is 0.270 e. The fourth-order valence-corrected chi connectivity index (χ4v) is 1.68. The Morgan fingerprint density at radius 1 is 1.25 bits per heavy atom. The van der Waals surface area contributed by atoms with E-state index < -0.39 is 0 Å². The van der Waals surface area contributed by atoms with Crippen LogP contribution in [-0.4, -0.2) is 34.9 Å². The first-order valence-corrected chi connectivity index (χ1v) is 6.08. The van der Waals surface area contributed by atoms with Crippen LogP contribution in [0.3, 0.4) is 0 Å². The predicted molar refractivity (Wildman–Crippen MR) is 73.4 cm³/mol. The number of amides is 2. The SMILES string of the molecule is CC(=O)NCCNC(=O)c1cc2[nH]c(=O)ccc2cn1. The van der Waals surface area contributed by atoms with Gasteiger partial charge in [-0.1, -0.05) is 0 Å². The number of carbonyl (C=O) groups is 2. The summed E-state index contributed by atoms with van der Waals surface area (Å²) in [6, 6.07) is 4.56. The highest BCUT2D eigenvalue weighted by Crippen LogP contribution is 2.08. The minimum absolute atomic E-state index is 0.152. The van der Waals surface area contributed by atoms with Crippen LogP contribution in [0.25, 0.3) is 10.9 Å². The number of aromatic amines is 1. The van der Waals surface area contributed by atoms with E-state index in [-0.39, 0.29) is 23.1 Å². The lowest BCUT2D eigenvalue weighted by Crippen LogP contribution is -2.34. The average molecular weight is 274 g/mol. The van der Waals surface area contributed by atoms with Crippen molar-refractivity contribution < 1.29 is 9.59 Å². The quantitative estimate of drug-likeness (QED) is 0.671. The van der Waals surface area contributed by atoms with Crippen LogP contribution in [0.1, 0.15) is 17.4 Å². The van der Waals surface area contributed by atoms with Crippen molar-refractivity contribution in [3.05, 3.63) is 40.4 Å². The van der Waals surface area contributed by atoms with Crippen molar-refractivity contribution in [3.63, 3.8) is 0 Å². The molecule has 0 radical (unpaired) electrons. The summed E-state index contributed by atoms with van der Waals surface area (Å²) in [6.07, 6.45) is 1.52. The van der Waals surface area contributed by atoms with E-state index in [1.165, 1.54) is 25.3 Å². The van der Waals surface area contributed by atoms with Gasteiger partial charge in [0.2, 0.25) is 11.5 Å². The number of hydrogen-bond donors (Lipinski definition) is 3. The lowest BCUT2D eigenvalue weighted by molar-refractivity contribution is -0.118. The van der Waals surface area contributed by atoms with E-state index in [1.54, 1.807) is 6.07 Å². The first-order chi connectivity index (χ1) is 9.56. The highest BCUT2D eigenvalue weighted by atomic mass is 16.2. The number of fused-ring (bicyclic) bond motifs is 1. The minimum atomic E-state index is -0.359. The van der Waals surface area contributed by atoms with Crippen LogP contribution < -0.4 is 16.2 Å². The van der Waals surface area contributed by atoms with Crippen LogP contribution in [0.4, 0.5) is 0 Å². The molecular formula is C13H14N4O3. The summed E-state index contributed by atoms with van der Waals surface area (Å²) in [5, 5.41) is 5.94. The third kappa shape index (κ3) is 3.41. The number of pyridine rings is 2. The lowest BCUT2D eigenvalue weighted by atomic mass is 10.2. The molecule has 2 aromatic heterocycles. The zero-order valence-corrected chi connectivity index (χ0v) is 10.9. The number of aromatic nitrogens is 2. The molecule has 2 aromatic rings. The Labute approximate surface area is 114 Å². The van der Waals surface area contributed by atoms with Crippen molar-refractivity contribution in [2.75, 3.05) is 13.1 Å². The highest BCUT2D eigenvalue weighted by Gasteiger charge is 2.07. The maximum atomic E-state index is 11.8. The van der Waals surface area contributed by atoms with Gasteiger partial charge in [-0.2, -0.15) is 0 Å². The van der Waals surface area contributed by atoms with Crippen LogP contribution in [0.2, 0.25) is 0 Å². The van der Waals surface area contributed by atoms with Gasteiger partial charge in [0.1, 0.15) is 5.69 Å². The standard InChI is InChI=1S/C13H14N4O3/c1-8(18)14-4-5-15-13(20)11-6-10-9(7-16-11)2-3-12(19)17-10/h2-3,6-7H,4-5H2,1H3,(H,14,18)(H,15,20)(H,17,19). The van der Waals surface area contributed by atoms with Gasteiger partial charge in [0, 0.05) is 37.7 Å². The molecule has 0 fully saturated rings. The molecule has 0 aliphatic rings. The van der Waals surface area contributed by atoms with Crippen molar-refractivity contribution in [2.45, 2.75) is 6.92 Å². The Hall–Kier alpha value is -2.70. The number of nitrogens with one attached hydrogen (secondary N) is 3. The van der Waals surface area contributed by atoms with Gasteiger partial charge in [-0.15, -0.1) is 0 Å². The molecule has 0 saturated heterocycles. The van der Waals surface area contributed by atoms with Crippen LogP contribution in [0.5, 0.6) is 0 Å². The van der Waals surface area contributed by atoms with Gasteiger partial charge in [-0.05, 0) is 12.1 Å². The molecule has 7 nitrogen and oxygen atoms in total. The van der Waals surface area contributed by atoms with E-state index >= 15 is 0 Å². The number of H-pyrrole nitrogens is 1. The second-order valence-electron chi connectivity index (χ2n) is 4.22. The van der Waals surface area contributed by atoms with Gasteiger partial charge in [0.15, 0.2) is 0 Å². The maximum absolute atomic E-state index is 11.8. The Bertz CT molecular complexity index is 708. The monoisotopic (exact) mass is 274 g/mol. The lowest BCUT2D eigenvalue weighted by Gasteiger charge is -2.05. The zero-order chi connectivity index (χ0) is 14.5. The third-order valence-corrected chi connectivity index (χ3v) is 2.62. The summed E-state index contributed by atoms with van der Waals surface area (Å²) in [4.78, 5) is 40.4. The fraction of sp³-hybridized carbons (Fsp3) is 0.231. The molecule has 0 saturated carbocycles. The van der Waals surface area contributed by atoms with Crippen LogP contribution >= 0.6 is 0 Å². The smallest absolute Gasteiger partial charge is 0.270 e. The second kappa shape index (κ2) is 5.96. The third-order valence-electron chi connectivity index (χ3n) is 2.62. The molecule has 0 bridgehead atoms. The number of hydrogen-bond acceptors (Lipinski definition) is 4.